The van der Waals surface area contributed by atoms with Gasteiger partial charge in [-0.05, 0) is 25.2 Å². The fourth-order valence-electron chi connectivity index (χ4n) is 1.60. The van der Waals surface area contributed by atoms with Gasteiger partial charge in [0, 0.05) is 12.5 Å². The van der Waals surface area contributed by atoms with Crippen LogP contribution in [0.1, 0.15) is 39.5 Å². The summed E-state index contributed by atoms with van der Waals surface area (Å²) in [5.74, 6) is 0.990. The van der Waals surface area contributed by atoms with Crippen molar-refractivity contribution >= 4 is 17.5 Å². The lowest BCUT2D eigenvalue weighted by atomic mass is 10.1. The van der Waals surface area contributed by atoms with Crippen molar-refractivity contribution in [3.05, 3.63) is 0 Å². The van der Waals surface area contributed by atoms with Crippen molar-refractivity contribution < 1.29 is 4.79 Å². The molecular formula is C11H20ClNO. The van der Waals surface area contributed by atoms with E-state index in [2.05, 4.69) is 12.2 Å². The number of carbonyl (C=O) groups excluding carboxylic acids is 1. The maximum atomic E-state index is 11.6. The van der Waals surface area contributed by atoms with Gasteiger partial charge in [-0.25, -0.2) is 0 Å². The zero-order chi connectivity index (χ0) is 10.6. The predicted octanol–water partition coefficient (Wildman–Crippen LogP) is 2.56. The molecular weight excluding hydrogens is 198 g/mol. The number of carbonyl (C=O) groups is 1. The minimum absolute atomic E-state index is 0.0929. The van der Waals surface area contributed by atoms with Crippen LogP contribution in [0.25, 0.3) is 0 Å². The van der Waals surface area contributed by atoms with Gasteiger partial charge in [-0.1, -0.05) is 20.3 Å². The van der Waals surface area contributed by atoms with Crippen LogP contribution in [0.15, 0.2) is 0 Å². The Bertz CT molecular complexity index is 192. The number of hydrogen-bond acceptors (Lipinski definition) is 1. The van der Waals surface area contributed by atoms with E-state index in [1.807, 2.05) is 6.92 Å². The van der Waals surface area contributed by atoms with Gasteiger partial charge in [-0.3, -0.25) is 4.79 Å². The largest absolute Gasteiger partial charge is 0.354 e. The summed E-state index contributed by atoms with van der Waals surface area (Å²) in [6, 6.07) is 0. The molecule has 0 aliphatic heterocycles. The molecule has 1 N–H and O–H groups in total. The van der Waals surface area contributed by atoms with Crippen LogP contribution < -0.4 is 5.32 Å². The van der Waals surface area contributed by atoms with Gasteiger partial charge >= 0.3 is 0 Å². The van der Waals surface area contributed by atoms with E-state index in [0.29, 0.717) is 12.5 Å². The van der Waals surface area contributed by atoms with Crippen LogP contribution in [-0.4, -0.2) is 17.8 Å². The van der Waals surface area contributed by atoms with E-state index in [0.717, 1.165) is 12.8 Å². The normalized spacial score (nSPS) is 20.2. The quantitative estimate of drug-likeness (QED) is 0.681. The number of rotatable bonds is 6. The molecule has 1 saturated carbocycles. The molecule has 0 aromatic carbocycles. The highest BCUT2D eigenvalue weighted by atomic mass is 35.5. The topological polar surface area (TPSA) is 29.1 Å². The average molecular weight is 218 g/mol. The second-order valence-corrected chi connectivity index (χ2v) is 4.87. The van der Waals surface area contributed by atoms with Crippen LogP contribution in [-0.2, 0) is 4.79 Å². The van der Waals surface area contributed by atoms with E-state index in [1.54, 1.807) is 0 Å². The molecule has 1 amide bonds. The second kappa shape index (κ2) is 5.59. The highest BCUT2D eigenvalue weighted by molar-refractivity contribution is 6.20. The highest BCUT2D eigenvalue weighted by Gasteiger charge is 2.32. The van der Waals surface area contributed by atoms with Crippen molar-refractivity contribution in [2.24, 2.45) is 11.8 Å². The van der Waals surface area contributed by atoms with Crippen molar-refractivity contribution in [3.63, 3.8) is 0 Å². The number of hydrogen-bond donors (Lipinski definition) is 1. The third-order valence-corrected chi connectivity index (χ3v) is 3.21. The summed E-state index contributed by atoms with van der Waals surface area (Å²) in [6.07, 6.45) is 4.48. The van der Waals surface area contributed by atoms with Crippen molar-refractivity contribution in [2.75, 3.05) is 6.54 Å². The summed E-state index contributed by atoms with van der Waals surface area (Å²) >= 11 is 6.01. The Morgan fingerprint density at radius 2 is 2.21 bits per heavy atom. The third-order valence-electron chi connectivity index (χ3n) is 2.84. The fraction of sp³-hybridized carbons (Fsp3) is 0.909. The molecule has 0 aromatic rings. The van der Waals surface area contributed by atoms with E-state index in [4.69, 9.17) is 11.6 Å². The summed E-state index contributed by atoms with van der Waals surface area (Å²) < 4.78 is 0. The van der Waals surface area contributed by atoms with Gasteiger partial charge in [0.2, 0.25) is 5.91 Å². The molecule has 0 aromatic heterocycles. The van der Waals surface area contributed by atoms with Crippen LogP contribution in [0, 0.1) is 11.8 Å². The standard InChI is InChI=1S/C11H20ClNO/c1-3-4-10(12)7-13-11(14)8(2)9-5-6-9/h8-10H,3-7H2,1-2H3,(H,13,14). The molecule has 1 fully saturated rings. The van der Waals surface area contributed by atoms with E-state index in [-0.39, 0.29) is 17.2 Å². The molecule has 2 atom stereocenters. The maximum Gasteiger partial charge on any atom is 0.223 e. The first kappa shape index (κ1) is 11.8. The van der Waals surface area contributed by atoms with E-state index in [1.165, 1.54) is 12.8 Å². The lowest BCUT2D eigenvalue weighted by Crippen LogP contribution is -2.34. The lowest BCUT2D eigenvalue weighted by Gasteiger charge is -2.13. The Morgan fingerprint density at radius 1 is 1.57 bits per heavy atom. The Balaban J connectivity index is 2.13. The van der Waals surface area contributed by atoms with Crippen molar-refractivity contribution in [1.29, 1.82) is 0 Å². The summed E-state index contributed by atoms with van der Waals surface area (Å²) in [6.45, 7) is 4.73. The average Bonchev–Trinajstić information content (AvgIpc) is 2.96. The highest BCUT2D eigenvalue weighted by Crippen LogP contribution is 2.36. The first-order chi connectivity index (χ1) is 6.65. The molecule has 1 rings (SSSR count). The molecule has 1 aliphatic carbocycles. The smallest absolute Gasteiger partial charge is 0.223 e. The van der Waals surface area contributed by atoms with Gasteiger partial charge < -0.3 is 5.32 Å². The van der Waals surface area contributed by atoms with Crippen LogP contribution >= 0.6 is 11.6 Å². The molecule has 0 radical (unpaired) electrons. The zero-order valence-corrected chi connectivity index (χ0v) is 9.81. The molecule has 14 heavy (non-hydrogen) atoms. The first-order valence-electron chi connectivity index (χ1n) is 5.57. The lowest BCUT2D eigenvalue weighted by molar-refractivity contribution is -0.125. The van der Waals surface area contributed by atoms with E-state index < -0.39 is 0 Å². The molecule has 82 valence electrons. The summed E-state index contributed by atoms with van der Waals surface area (Å²) in [4.78, 5) is 11.6. The van der Waals surface area contributed by atoms with Gasteiger partial charge in [-0.15, -0.1) is 11.6 Å². The number of amides is 1. The molecule has 0 bridgehead atoms. The van der Waals surface area contributed by atoms with E-state index in [9.17, 15) is 4.79 Å². The van der Waals surface area contributed by atoms with Crippen LogP contribution in [0.5, 0.6) is 0 Å². The SMILES string of the molecule is CCCC(Cl)CNC(=O)C(C)C1CC1. The van der Waals surface area contributed by atoms with Crippen LogP contribution in [0.4, 0.5) is 0 Å². The molecule has 0 saturated heterocycles. The van der Waals surface area contributed by atoms with Gasteiger partial charge in [0.15, 0.2) is 0 Å². The minimum atomic E-state index is 0.0929. The van der Waals surface area contributed by atoms with Gasteiger partial charge in [0.05, 0.1) is 5.38 Å². The maximum absolute atomic E-state index is 11.6. The summed E-state index contributed by atoms with van der Waals surface area (Å²) in [5, 5.41) is 3.01. The van der Waals surface area contributed by atoms with Crippen molar-refractivity contribution in [3.8, 4) is 0 Å². The van der Waals surface area contributed by atoms with Crippen LogP contribution in [0.3, 0.4) is 0 Å². The molecule has 3 heteroatoms. The van der Waals surface area contributed by atoms with Gasteiger partial charge in [0.25, 0.3) is 0 Å². The molecule has 0 spiro atoms. The summed E-state index contributed by atoms with van der Waals surface area (Å²) in [5.41, 5.74) is 0. The monoisotopic (exact) mass is 217 g/mol. The third kappa shape index (κ3) is 3.87. The Labute approximate surface area is 91.4 Å². The molecule has 2 unspecified atom stereocenters. The van der Waals surface area contributed by atoms with Crippen molar-refractivity contribution in [2.45, 2.75) is 44.9 Å². The predicted molar refractivity (Wildman–Crippen MR) is 59.4 cm³/mol. The number of nitrogens with one attached hydrogen (secondary N) is 1. The van der Waals surface area contributed by atoms with E-state index >= 15 is 0 Å². The summed E-state index contributed by atoms with van der Waals surface area (Å²) in [7, 11) is 0. The minimum Gasteiger partial charge on any atom is -0.354 e. The molecule has 2 nitrogen and oxygen atoms in total. The Kier molecular flexibility index (Phi) is 4.73. The van der Waals surface area contributed by atoms with Gasteiger partial charge in [0.1, 0.15) is 0 Å². The first-order valence-corrected chi connectivity index (χ1v) is 6.00. The van der Waals surface area contributed by atoms with Gasteiger partial charge in [-0.2, -0.15) is 0 Å². The number of halogens is 1. The van der Waals surface area contributed by atoms with Crippen LogP contribution in [0.2, 0.25) is 0 Å². The fourth-order valence-corrected chi connectivity index (χ4v) is 1.89. The molecule has 1 aliphatic rings. The zero-order valence-electron chi connectivity index (χ0n) is 9.05. The Hall–Kier alpha value is -0.240. The number of alkyl halides is 1. The molecule has 0 heterocycles. The second-order valence-electron chi connectivity index (χ2n) is 4.26. The Morgan fingerprint density at radius 3 is 2.71 bits per heavy atom. The van der Waals surface area contributed by atoms with Crippen molar-refractivity contribution in [1.82, 2.24) is 5.32 Å².